The molecule has 2 aromatic heterocycles. The van der Waals surface area contributed by atoms with Crippen LogP contribution in [0.5, 0.6) is 0 Å². The highest BCUT2D eigenvalue weighted by Gasteiger charge is 2.39. The molecular formula is C19H23N3O2. The van der Waals surface area contributed by atoms with Gasteiger partial charge in [0, 0.05) is 56.6 Å². The number of piperidine rings is 2. The fraction of sp³-hybridized carbons (Fsp3) is 0.474. The van der Waals surface area contributed by atoms with E-state index in [-0.39, 0.29) is 0 Å². The molecule has 0 aromatic carbocycles. The Labute approximate surface area is 142 Å². The Morgan fingerprint density at radius 2 is 2.17 bits per heavy atom. The van der Waals surface area contributed by atoms with E-state index in [1.807, 2.05) is 24.6 Å². The molecule has 24 heavy (non-hydrogen) atoms. The Morgan fingerprint density at radius 3 is 2.96 bits per heavy atom. The predicted octanol–water partition coefficient (Wildman–Crippen LogP) is 2.69. The van der Waals surface area contributed by atoms with E-state index in [9.17, 15) is 4.79 Å². The molecule has 5 heteroatoms. The number of nitrogens with zero attached hydrogens (tertiary/aromatic N) is 3. The second-order valence-corrected chi connectivity index (χ2v) is 6.90. The van der Waals surface area contributed by atoms with Gasteiger partial charge in [-0.25, -0.2) is 0 Å². The molecule has 2 aromatic rings. The number of furan rings is 1. The predicted molar refractivity (Wildman–Crippen MR) is 89.9 cm³/mol. The molecule has 0 spiro atoms. The molecule has 0 saturated carbocycles. The lowest BCUT2D eigenvalue weighted by atomic mass is 9.83. The van der Waals surface area contributed by atoms with E-state index in [1.165, 1.54) is 5.56 Å². The smallest absolute Gasteiger partial charge is 0.223 e. The van der Waals surface area contributed by atoms with Crippen LogP contribution < -0.4 is 0 Å². The van der Waals surface area contributed by atoms with Crippen molar-refractivity contribution in [2.75, 3.05) is 13.1 Å². The lowest BCUT2D eigenvalue weighted by molar-refractivity contribution is -0.142. The van der Waals surface area contributed by atoms with Crippen molar-refractivity contribution in [2.45, 2.75) is 38.4 Å². The summed E-state index contributed by atoms with van der Waals surface area (Å²) in [5, 5.41) is 0. The van der Waals surface area contributed by atoms with Gasteiger partial charge in [-0.15, -0.1) is 0 Å². The SMILES string of the molecule is O=C1CC[C@@H]2CN(Cc3ccoc3)CC[C@@H]2N1Cc1cccnc1. The van der Waals surface area contributed by atoms with Crippen LogP contribution in [0, 0.1) is 5.92 Å². The van der Waals surface area contributed by atoms with Gasteiger partial charge in [0.1, 0.15) is 0 Å². The minimum atomic E-state index is 0.295. The van der Waals surface area contributed by atoms with Crippen LogP contribution in [0.25, 0.3) is 0 Å². The number of pyridine rings is 1. The third-order valence-corrected chi connectivity index (χ3v) is 5.29. The van der Waals surface area contributed by atoms with Crippen molar-refractivity contribution in [3.63, 3.8) is 0 Å². The Balaban J connectivity index is 1.43. The molecule has 0 aliphatic carbocycles. The molecule has 2 saturated heterocycles. The topological polar surface area (TPSA) is 49.6 Å². The van der Waals surface area contributed by atoms with Crippen LogP contribution in [0.2, 0.25) is 0 Å². The van der Waals surface area contributed by atoms with Gasteiger partial charge in [0.05, 0.1) is 12.5 Å². The van der Waals surface area contributed by atoms with Gasteiger partial charge in [0.2, 0.25) is 5.91 Å². The summed E-state index contributed by atoms with van der Waals surface area (Å²) in [7, 11) is 0. The third-order valence-electron chi connectivity index (χ3n) is 5.29. The lowest BCUT2D eigenvalue weighted by Crippen LogP contribution is -2.55. The quantitative estimate of drug-likeness (QED) is 0.867. The summed E-state index contributed by atoms with van der Waals surface area (Å²) in [5.41, 5.74) is 2.35. The van der Waals surface area contributed by atoms with Crippen LogP contribution >= 0.6 is 0 Å². The molecule has 2 aliphatic rings. The third kappa shape index (κ3) is 3.22. The highest BCUT2D eigenvalue weighted by atomic mass is 16.3. The minimum Gasteiger partial charge on any atom is -0.472 e. The number of rotatable bonds is 4. The summed E-state index contributed by atoms with van der Waals surface area (Å²) in [6.45, 7) is 3.72. The normalized spacial score (nSPS) is 24.8. The first-order valence-corrected chi connectivity index (χ1v) is 8.71. The number of aromatic nitrogens is 1. The maximum absolute atomic E-state index is 12.5. The number of hydrogen-bond acceptors (Lipinski definition) is 4. The summed E-state index contributed by atoms with van der Waals surface area (Å²) in [5.74, 6) is 0.864. The minimum absolute atomic E-state index is 0.295. The number of carbonyl (C=O) groups is 1. The summed E-state index contributed by atoms with van der Waals surface area (Å²) >= 11 is 0. The first-order chi connectivity index (χ1) is 11.8. The van der Waals surface area contributed by atoms with Crippen LogP contribution in [0.4, 0.5) is 0 Å². The summed E-state index contributed by atoms with van der Waals surface area (Å²) < 4.78 is 5.17. The molecule has 2 aliphatic heterocycles. The van der Waals surface area contributed by atoms with Gasteiger partial charge in [-0.1, -0.05) is 6.07 Å². The molecular weight excluding hydrogens is 302 g/mol. The van der Waals surface area contributed by atoms with Crippen LogP contribution in [0.3, 0.4) is 0 Å². The monoisotopic (exact) mass is 325 g/mol. The van der Waals surface area contributed by atoms with Gasteiger partial charge in [0.25, 0.3) is 0 Å². The molecule has 0 radical (unpaired) electrons. The van der Waals surface area contributed by atoms with Gasteiger partial charge in [-0.2, -0.15) is 0 Å². The molecule has 4 rings (SSSR count). The van der Waals surface area contributed by atoms with Gasteiger partial charge in [-0.3, -0.25) is 14.7 Å². The number of amides is 1. The van der Waals surface area contributed by atoms with Gasteiger partial charge >= 0.3 is 0 Å². The molecule has 1 amide bonds. The van der Waals surface area contributed by atoms with E-state index < -0.39 is 0 Å². The van der Waals surface area contributed by atoms with Gasteiger partial charge in [-0.05, 0) is 36.5 Å². The Kier molecular flexibility index (Phi) is 4.34. The van der Waals surface area contributed by atoms with Crippen molar-refractivity contribution in [2.24, 2.45) is 5.92 Å². The molecule has 2 fully saturated rings. The molecule has 4 heterocycles. The van der Waals surface area contributed by atoms with Gasteiger partial charge < -0.3 is 9.32 Å². The summed E-state index contributed by atoms with van der Waals surface area (Å²) in [4.78, 5) is 21.2. The average Bonchev–Trinajstić information content (AvgIpc) is 3.11. The second kappa shape index (κ2) is 6.77. The van der Waals surface area contributed by atoms with Crippen molar-refractivity contribution in [3.05, 3.63) is 54.2 Å². The highest BCUT2D eigenvalue weighted by Crippen LogP contribution is 2.32. The zero-order valence-corrected chi connectivity index (χ0v) is 13.8. The zero-order valence-electron chi connectivity index (χ0n) is 13.8. The van der Waals surface area contributed by atoms with Crippen LogP contribution in [0.1, 0.15) is 30.4 Å². The van der Waals surface area contributed by atoms with Gasteiger partial charge in [0.15, 0.2) is 0 Å². The Hall–Kier alpha value is -2.14. The highest BCUT2D eigenvalue weighted by molar-refractivity contribution is 5.77. The molecule has 2 atom stereocenters. The molecule has 0 unspecified atom stereocenters. The van der Waals surface area contributed by atoms with Crippen LogP contribution in [-0.4, -0.2) is 39.8 Å². The fourth-order valence-electron chi connectivity index (χ4n) is 4.10. The number of fused-ring (bicyclic) bond motifs is 1. The fourth-order valence-corrected chi connectivity index (χ4v) is 4.10. The van der Waals surface area contributed by atoms with Crippen molar-refractivity contribution in [1.29, 1.82) is 0 Å². The van der Waals surface area contributed by atoms with E-state index in [4.69, 9.17) is 4.42 Å². The van der Waals surface area contributed by atoms with Crippen molar-refractivity contribution in [3.8, 4) is 0 Å². The van der Waals surface area contributed by atoms with E-state index in [1.54, 1.807) is 12.5 Å². The van der Waals surface area contributed by atoms with E-state index in [0.717, 1.165) is 38.0 Å². The van der Waals surface area contributed by atoms with Crippen molar-refractivity contribution >= 4 is 5.91 Å². The molecule has 5 nitrogen and oxygen atoms in total. The maximum atomic E-state index is 12.5. The summed E-state index contributed by atoms with van der Waals surface area (Å²) in [6, 6.07) is 6.39. The summed E-state index contributed by atoms with van der Waals surface area (Å²) in [6.07, 6.45) is 9.93. The molecule has 0 bridgehead atoms. The van der Waals surface area contributed by atoms with Crippen LogP contribution in [0.15, 0.2) is 47.5 Å². The first-order valence-electron chi connectivity index (χ1n) is 8.71. The maximum Gasteiger partial charge on any atom is 0.223 e. The Morgan fingerprint density at radius 1 is 1.21 bits per heavy atom. The van der Waals surface area contributed by atoms with E-state index in [2.05, 4.69) is 20.9 Å². The number of carbonyl (C=O) groups excluding carboxylic acids is 1. The molecule has 0 N–H and O–H groups in total. The Bertz CT molecular complexity index is 671. The average molecular weight is 325 g/mol. The number of hydrogen-bond donors (Lipinski definition) is 0. The van der Waals surface area contributed by atoms with Crippen LogP contribution in [-0.2, 0) is 17.9 Å². The van der Waals surface area contributed by atoms with Crippen molar-refractivity contribution < 1.29 is 9.21 Å². The second-order valence-electron chi connectivity index (χ2n) is 6.90. The largest absolute Gasteiger partial charge is 0.472 e. The van der Waals surface area contributed by atoms with E-state index in [0.29, 0.717) is 30.8 Å². The standard InChI is InChI=1S/C19H23N3O2/c23-19-4-3-17-13-21(11-16-6-9-24-14-16)8-5-18(17)22(19)12-15-2-1-7-20-10-15/h1-2,6-7,9-10,14,17-18H,3-5,8,11-13H2/t17-,18+/m1/s1. The number of likely N-dealkylation sites (tertiary alicyclic amines) is 2. The van der Waals surface area contributed by atoms with Crippen molar-refractivity contribution in [1.82, 2.24) is 14.8 Å². The zero-order chi connectivity index (χ0) is 16.4. The first kappa shape index (κ1) is 15.4. The van der Waals surface area contributed by atoms with E-state index >= 15 is 0 Å². The lowest BCUT2D eigenvalue weighted by Gasteiger charge is -2.47. The molecule has 126 valence electrons.